The number of methoxy groups -OCH3 is 1. The van der Waals surface area contributed by atoms with E-state index < -0.39 is 0 Å². The molecule has 0 saturated heterocycles. The standard InChI is InChI=1S/C16H19BrN4O2/c1-11-10-12(17)4-5-13(11)19-15-7-6-14(20-21-15)16(22)18-8-3-9-23-2/h4-7,10H,3,8-9H2,1-2H3,(H,18,22)(H,19,21). The van der Waals surface area contributed by atoms with Crippen molar-refractivity contribution in [2.45, 2.75) is 13.3 Å². The number of benzene rings is 1. The predicted molar refractivity (Wildman–Crippen MR) is 93.0 cm³/mol. The van der Waals surface area contributed by atoms with Gasteiger partial charge in [0, 0.05) is 30.4 Å². The lowest BCUT2D eigenvalue weighted by Gasteiger charge is -2.09. The van der Waals surface area contributed by atoms with Crippen LogP contribution < -0.4 is 10.6 Å². The van der Waals surface area contributed by atoms with Crippen molar-refractivity contribution in [2.24, 2.45) is 0 Å². The van der Waals surface area contributed by atoms with E-state index in [1.165, 1.54) is 0 Å². The summed E-state index contributed by atoms with van der Waals surface area (Å²) in [6.07, 6.45) is 0.762. The Hall–Kier alpha value is -1.99. The van der Waals surface area contributed by atoms with Crippen molar-refractivity contribution in [1.29, 1.82) is 0 Å². The Bertz CT molecular complexity index is 662. The lowest BCUT2D eigenvalue weighted by molar-refractivity contribution is 0.0942. The number of amides is 1. The smallest absolute Gasteiger partial charge is 0.271 e. The van der Waals surface area contributed by atoms with Crippen molar-refractivity contribution in [2.75, 3.05) is 25.6 Å². The molecule has 6 nitrogen and oxygen atoms in total. The molecule has 0 atom stereocenters. The molecule has 0 unspecified atom stereocenters. The van der Waals surface area contributed by atoms with Crippen molar-refractivity contribution in [1.82, 2.24) is 15.5 Å². The topological polar surface area (TPSA) is 76.1 Å². The van der Waals surface area contributed by atoms with Gasteiger partial charge in [0.05, 0.1) is 0 Å². The summed E-state index contributed by atoms with van der Waals surface area (Å²) >= 11 is 3.43. The molecule has 0 saturated carbocycles. The number of hydrogen-bond acceptors (Lipinski definition) is 5. The molecule has 0 aliphatic rings. The number of carbonyl (C=O) groups excluding carboxylic acids is 1. The third-order valence-electron chi connectivity index (χ3n) is 3.16. The van der Waals surface area contributed by atoms with Crippen molar-refractivity contribution in [3.05, 3.63) is 46.1 Å². The van der Waals surface area contributed by atoms with Gasteiger partial charge in [-0.2, -0.15) is 0 Å². The maximum absolute atomic E-state index is 11.9. The number of nitrogens with one attached hydrogen (secondary N) is 2. The van der Waals surface area contributed by atoms with Gasteiger partial charge in [0.15, 0.2) is 11.5 Å². The average Bonchev–Trinajstić information content (AvgIpc) is 2.55. The zero-order valence-electron chi connectivity index (χ0n) is 13.1. The van der Waals surface area contributed by atoms with Gasteiger partial charge < -0.3 is 15.4 Å². The van der Waals surface area contributed by atoms with Gasteiger partial charge in [0.2, 0.25) is 0 Å². The molecule has 1 heterocycles. The van der Waals surface area contributed by atoms with Gasteiger partial charge in [-0.3, -0.25) is 4.79 Å². The number of anilines is 2. The van der Waals surface area contributed by atoms with Gasteiger partial charge in [0.1, 0.15) is 0 Å². The highest BCUT2D eigenvalue weighted by Crippen LogP contribution is 2.22. The summed E-state index contributed by atoms with van der Waals surface area (Å²) in [6, 6.07) is 9.30. The number of halogens is 1. The largest absolute Gasteiger partial charge is 0.385 e. The molecule has 122 valence electrons. The van der Waals surface area contributed by atoms with Gasteiger partial charge in [-0.05, 0) is 49.2 Å². The maximum atomic E-state index is 11.9. The molecule has 0 aliphatic heterocycles. The van der Waals surface area contributed by atoms with Crippen LogP contribution in [0.15, 0.2) is 34.8 Å². The first-order valence-corrected chi connectivity index (χ1v) is 8.03. The fraction of sp³-hybridized carbons (Fsp3) is 0.312. The van der Waals surface area contributed by atoms with E-state index in [1.807, 2.05) is 25.1 Å². The molecule has 2 N–H and O–H groups in total. The Labute approximate surface area is 143 Å². The molecule has 1 aromatic heterocycles. The summed E-state index contributed by atoms with van der Waals surface area (Å²) in [4.78, 5) is 11.9. The van der Waals surface area contributed by atoms with Gasteiger partial charge in [-0.1, -0.05) is 15.9 Å². The van der Waals surface area contributed by atoms with Crippen LogP contribution in [-0.4, -0.2) is 36.4 Å². The Morgan fingerprint density at radius 2 is 2.09 bits per heavy atom. The monoisotopic (exact) mass is 378 g/mol. The minimum Gasteiger partial charge on any atom is -0.385 e. The summed E-state index contributed by atoms with van der Waals surface area (Å²) in [7, 11) is 1.63. The van der Waals surface area contributed by atoms with E-state index in [2.05, 4.69) is 36.8 Å². The molecule has 1 aromatic carbocycles. The first-order valence-electron chi connectivity index (χ1n) is 7.24. The first kappa shape index (κ1) is 17.4. The second kappa shape index (κ2) is 8.59. The van der Waals surface area contributed by atoms with Gasteiger partial charge in [-0.25, -0.2) is 0 Å². The summed E-state index contributed by atoms with van der Waals surface area (Å²) in [5.74, 6) is 0.353. The zero-order chi connectivity index (χ0) is 16.7. The highest BCUT2D eigenvalue weighted by molar-refractivity contribution is 9.10. The fourth-order valence-corrected chi connectivity index (χ4v) is 2.41. The fourth-order valence-electron chi connectivity index (χ4n) is 1.93. The van der Waals surface area contributed by atoms with E-state index >= 15 is 0 Å². The van der Waals surface area contributed by atoms with E-state index in [-0.39, 0.29) is 5.91 Å². The number of aromatic nitrogens is 2. The SMILES string of the molecule is COCCCNC(=O)c1ccc(Nc2ccc(Br)cc2C)nn1. The molecule has 0 fully saturated rings. The number of rotatable bonds is 7. The second-order valence-corrected chi connectivity index (χ2v) is 5.91. The summed E-state index contributed by atoms with van der Waals surface area (Å²) < 4.78 is 5.95. The van der Waals surface area contributed by atoms with Crippen LogP contribution in [0.25, 0.3) is 0 Å². The van der Waals surface area contributed by atoms with Crippen molar-refractivity contribution in [3.8, 4) is 0 Å². The quantitative estimate of drug-likeness (QED) is 0.724. The molecule has 0 radical (unpaired) electrons. The minimum atomic E-state index is -0.236. The van der Waals surface area contributed by atoms with Crippen molar-refractivity contribution >= 4 is 33.3 Å². The Morgan fingerprint density at radius 3 is 2.74 bits per heavy atom. The molecule has 0 bridgehead atoms. The van der Waals surface area contributed by atoms with E-state index in [0.717, 1.165) is 22.1 Å². The van der Waals surface area contributed by atoms with Crippen LogP contribution in [0.1, 0.15) is 22.5 Å². The highest BCUT2D eigenvalue weighted by atomic mass is 79.9. The molecular weight excluding hydrogens is 360 g/mol. The number of aryl methyl sites for hydroxylation is 1. The Morgan fingerprint density at radius 1 is 1.26 bits per heavy atom. The highest BCUT2D eigenvalue weighted by Gasteiger charge is 2.08. The third-order valence-corrected chi connectivity index (χ3v) is 3.65. The molecule has 2 rings (SSSR count). The number of hydrogen-bond donors (Lipinski definition) is 2. The van der Waals surface area contributed by atoms with Crippen LogP contribution in [0.5, 0.6) is 0 Å². The maximum Gasteiger partial charge on any atom is 0.271 e. The predicted octanol–water partition coefficient (Wildman–Crippen LogP) is 3.06. The molecule has 0 aliphatic carbocycles. The van der Waals surface area contributed by atoms with E-state index in [0.29, 0.717) is 24.7 Å². The summed E-state index contributed by atoms with van der Waals surface area (Å²) in [6.45, 7) is 3.16. The van der Waals surface area contributed by atoms with Crippen LogP contribution >= 0.6 is 15.9 Å². The number of carbonyl (C=O) groups is 1. The van der Waals surface area contributed by atoms with Gasteiger partial charge >= 0.3 is 0 Å². The van der Waals surface area contributed by atoms with E-state index in [1.54, 1.807) is 19.2 Å². The lowest BCUT2D eigenvalue weighted by atomic mass is 10.2. The lowest BCUT2D eigenvalue weighted by Crippen LogP contribution is -2.26. The van der Waals surface area contributed by atoms with E-state index in [9.17, 15) is 4.79 Å². The number of nitrogens with zero attached hydrogens (tertiary/aromatic N) is 2. The minimum absolute atomic E-state index is 0.236. The summed E-state index contributed by atoms with van der Waals surface area (Å²) in [5.41, 5.74) is 2.32. The van der Waals surface area contributed by atoms with Crippen molar-refractivity contribution in [3.63, 3.8) is 0 Å². The molecule has 1 amide bonds. The third kappa shape index (κ3) is 5.30. The average molecular weight is 379 g/mol. The second-order valence-electron chi connectivity index (χ2n) is 4.99. The number of ether oxygens (including phenoxy) is 1. The van der Waals surface area contributed by atoms with E-state index in [4.69, 9.17) is 4.74 Å². The zero-order valence-corrected chi connectivity index (χ0v) is 14.7. The van der Waals surface area contributed by atoms with Crippen molar-refractivity contribution < 1.29 is 9.53 Å². The Kier molecular flexibility index (Phi) is 6.49. The molecule has 0 spiro atoms. The van der Waals surface area contributed by atoms with Crippen LogP contribution in [0, 0.1) is 6.92 Å². The van der Waals surface area contributed by atoms with Crippen LogP contribution in [0.2, 0.25) is 0 Å². The summed E-state index contributed by atoms with van der Waals surface area (Å²) in [5, 5.41) is 14.0. The van der Waals surface area contributed by atoms with Crippen LogP contribution in [0.4, 0.5) is 11.5 Å². The van der Waals surface area contributed by atoms with Gasteiger partial charge in [0.25, 0.3) is 5.91 Å². The van der Waals surface area contributed by atoms with Crippen LogP contribution in [0.3, 0.4) is 0 Å². The Balaban J connectivity index is 1.95. The van der Waals surface area contributed by atoms with Crippen LogP contribution in [-0.2, 0) is 4.74 Å². The van der Waals surface area contributed by atoms with Gasteiger partial charge in [-0.15, -0.1) is 10.2 Å². The first-order chi connectivity index (χ1) is 11.1. The molecule has 23 heavy (non-hydrogen) atoms. The molecule has 7 heteroatoms. The normalized spacial score (nSPS) is 10.4. The molecular formula is C16H19BrN4O2. The molecule has 2 aromatic rings.